The predicted molar refractivity (Wildman–Crippen MR) is 109 cm³/mol. The molecule has 4 saturated carbocycles. The highest BCUT2D eigenvalue weighted by Gasteiger charge is 2.57. The van der Waals surface area contributed by atoms with Gasteiger partial charge in [-0.1, -0.05) is 15.9 Å². The zero-order chi connectivity index (χ0) is 20.8. The fourth-order valence-electron chi connectivity index (χ4n) is 6.45. The Balaban J connectivity index is 1.42. The SMILES string of the molecule is CCOC(=O)C1=C(COC(=O)CC23C[C@@H]4C[C@H](CC(Br)(C4)C2)C3)NC(=O)N[C@H]1C. The van der Waals surface area contributed by atoms with Crippen LogP contribution in [0.5, 0.6) is 0 Å². The molecule has 1 heterocycles. The fourth-order valence-corrected chi connectivity index (χ4v) is 7.96. The lowest BCUT2D eigenvalue weighted by atomic mass is 9.49. The Morgan fingerprint density at radius 2 is 1.86 bits per heavy atom. The number of halogens is 1. The number of alkyl halides is 1. The molecule has 0 spiro atoms. The van der Waals surface area contributed by atoms with Crippen LogP contribution in [0, 0.1) is 17.3 Å². The van der Waals surface area contributed by atoms with Gasteiger partial charge in [0.1, 0.15) is 6.61 Å². The van der Waals surface area contributed by atoms with Gasteiger partial charge in [-0.05, 0) is 69.6 Å². The van der Waals surface area contributed by atoms with E-state index < -0.39 is 18.0 Å². The molecular weight excluding hydrogens is 440 g/mol. The van der Waals surface area contributed by atoms with E-state index in [0.717, 1.165) is 19.3 Å². The Hall–Kier alpha value is -1.57. The molecule has 1 aliphatic heterocycles. The molecule has 29 heavy (non-hydrogen) atoms. The molecule has 160 valence electrons. The largest absolute Gasteiger partial charge is 0.463 e. The summed E-state index contributed by atoms with van der Waals surface area (Å²) in [5.41, 5.74) is 0.622. The highest BCUT2D eigenvalue weighted by atomic mass is 79.9. The van der Waals surface area contributed by atoms with Crippen molar-refractivity contribution >= 4 is 33.9 Å². The van der Waals surface area contributed by atoms with E-state index in [9.17, 15) is 14.4 Å². The molecule has 7 nitrogen and oxygen atoms in total. The van der Waals surface area contributed by atoms with Crippen LogP contribution in [-0.2, 0) is 19.1 Å². The summed E-state index contributed by atoms with van der Waals surface area (Å²) in [7, 11) is 0. The molecule has 0 aromatic heterocycles. The van der Waals surface area contributed by atoms with Crippen molar-refractivity contribution in [2.75, 3.05) is 13.2 Å². The molecule has 8 heteroatoms. The molecule has 4 aliphatic carbocycles. The Morgan fingerprint density at radius 3 is 2.48 bits per heavy atom. The van der Waals surface area contributed by atoms with Crippen LogP contribution in [0.1, 0.15) is 58.8 Å². The zero-order valence-electron chi connectivity index (χ0n) is 17.0. The number of carbonyl (C=O) groups is 3. The van der Waals surface area contributed by atoms with Crippen molar-refractivity contribution in [2.24, 2.45) is 17.3 Å². The number of ether oxygens (including phenoxy) is 2. The van der Waals surface area contributed by atoms with Gasteiger partial charge >= 0.3 is 18.0 Å². The molecular formula is C21H29BrN2O5. The van der Waals surface area contributed by atoms with Crippen molar-refractivity contribution in [3.05, 3.63) is 11.3 Å². The van der Waals surface area contributed by atoms with E-state index in [1.54, 1.807) is 13.8 Å². The minimum absolute atomic E-state index is 0.0215. The van der Waals surface area contributed by atoms with E-state index in [0.29, 0.717) is 29.5 Å². The van der Waals surface area contributed by atoms with Crippen LogP contribution >= 0.6 is 15.9 Å². The van der Waals surface area contributed by atoms with Crippen LogP contribution in [0.15, 0.2) is 11.3 Å². The average Bonchev–Trinajstić information content (AvgIpc) is 2.56. The third kappa shape index (κ3) is 4.18. The van der Waals surface area contributed by atoms with Crippen LogP contribution in [0.25, 0.3) is 0 Å². The maximum Gasteiger partial charge on any atom is 0.338 e. The molecule has 2 amide bonds. The Labute approximate surface area is 179 Å². The molecule has 5 aliphatic rings. The first kappa shape index (κ1) is 20.7. The number of urea groups is 1. The summed E-state index contributed by atoms with van der Waals surface area (Å²) in [5.74, 6) is 0.622. The topological polar surface area (TPSA) is 93.7 Å². The van der Waals surface area contributed by atoms with E-state index in [1.165, 1.54) is 19.3 Å². The van der Waals surface area contributed by atoms with Crippen molar-refractivity contribution in [2.45, 2.75) is 69.2 Å². The average molecular weight is 469 g/mol. The molecule has 5 rings (SSSR count). The number of carbonyl (C=O) groups excluding carboxylic acids is 3. The third-order valence-electron chi connectivity index (χ3n) is 6.87. The Kier molecular flexibility index (Phi) is 5.42. The van der Waals surface area contributed by atoms with Crippen molar-refractivity contribution < 1.29 is 23.9 Å². The number of amides is 2. The Bertz CT molecular complexity index is 750. The number of rotatable bonds is 6. The number of nitrogens with one attached hydrogen (secondary N) is 2. The van der Waals surface area contributed by atoms with E-state index in [2.05, 4.69) is 26.6 Å². The standard InChI is InChI=1S/C21H29BrN2O5/c1-3-28-18(26)17-12(2)23-19(27)24-15(17)10-29-16(25)9-20-5-13-4-14(6-20)8-21(22,7-13)11-20/h12-14H,3-11H2,1-2H3,(H2,23,24,27)/t12-,13-,14-,20?,21?/m0/s1. The van der Waals surface area contributed by atoms with Crippen LogP contribution in [0.4, 0.5) is 4.79 Å². The molecule has 4 fully saturated rings. The smallest absolute Gasteiger partial charge is 0.338 e. The summed E-state index contributed by atoms with van der Waals surface area (Å²) in [6.07, 6.45) is 7.34. The predicted octanol–water partition coefficient (Wildman–Crippen LogP) is 3.17. The molecule has 0 unspecified atom stereocenters. The molecule has 0 saturated heterocycles. The van der Waals surface area contributed by atoms with Crippen molar-refractivity contribution in [3.63, 3.8) is 0 Å². The lowest BCUT2D eigenvalue weighted by Gasteiger charge is -2.60. The van der Waals surface area contributed by atoms with Gasteiger partial charge in [0.15, 0.2) is 0 Å². The minimum Gasteiger partial charge on any atom is -0.463 e. The van der Waals surface area contributed by atoms with Crippen molar-refractivity contribution in [1.82, 2.24) is 10.6 Å². The van der Waals surface area contributed by atoms with Gasteiger partial charge in [-0.15, -0.1) is 0 Å². The third-order valence-corrected chi connectivity index (χ3v) is 7.80. The number of esters is 2. The van der Waals surface area contributed by atoms with Gasteiger partial charge in [-0.2, -0.15) is 0 Å². The summed E-state index contributed by atoms with van der Waals surface area (Å²) in [6.45, 7) is 3.53. The maximum absolute atomic E-state index is 12.7. The molecule has 0 aromatic carbocycles. The lowest BCUT2D eigenvalue weighted by Crippen LogP contribution is -2.53. The van der Waals surface area contributed by atoms with Gasteiger partial charge in [0.05, 0.1) is 30.3 Å². The van der Waals surface area contributed by atoms with Gasteiger partial charge in [-0.3, -0.25) is 4.79 Å². The molecule has 0 radical (unpaired) electrons. The second kappa shape index (κ2) is 7.60. The summed E-state index contributed by atoms with van der Waals surface area (Å²) < 4.78 is 10.8. The number of hydrogen-bond donors (Lipinski definition) is 2. The monoisotopic (exact) mass is 468 g/mol. The van der Waals surface area contributed by atoms with Gasteiger partial charge in [0, 0.05) is 4.32 Å². The molecule has 2 N–H and O–H groups in total. The second-order valence-corrected chi connectivity index (χ2v) is 11.1. The van der Waals surface area contributed by atoms with Gasteiger partial charge in [0.25, 0.3) is 0 Å². The van der Waals surface area contributed by atoms with Crippen molar-refractivity contribution in [3.8, 4) is 0 Å². The highest BCUT2D eigenvalue weighted by Crippen LogP contribution is 2.65. The summed E-state index contributed by atoms with van der Waals surface area (Å²) >= 11 is 3.97. The second-order valence-electron chi connectivity index (χ2n) is 9.38. The van der Waals surface area contributed by atoms with E-state index in [1.807, 2.05) is 0 Å². The van der Waals surface area contributed by atoms with Gasteiger partial charge < -0.3 is 20.1 Å². The van der Waals surface area contributed by atoms with Gasteiger partial charge in [-0.25, -0.2) is 9.59 Å². The minimum atomic E-state index is -0.513. The molecule has 3 atom stereocenters. The van der Waals surface area contributed by atoms with Crippen LogP contribution < -0.4 is 10.6 Å². The van der Waals surface area contributed by atoms with E-state index in [-0.39, 0.29) is 28.9 Å². The quantitative estimate of drug-likeness (QED) is 0.461. The maximum atomic E-state index is 12.7. The van der Waals surface area contributed by atoms with Crippen LogP contribution in [-0.4, -0.2) is 41.5 Å². The van der Waals surface area contributed by atoms with Gasteiger partial charge in [0.2, 0.25) is 0 Å². The van der Waals surface area contributed by atoms with Crippen LogP contribution in [0.2, 0.25) is 0 Å². The lowest BCUT2D eigenvalue weighted by molar-refractivity contribution is -0.150. The Morgan fingerprint density at radius 1 is 1.17 bits per heavy atom. The van der Waals surface area contributed by atoms with Crippen molar-refractivity contribution in [1.29, 1.82) is 0 Å². The first-order chi connectivity index (χ1) is 13.7. The van der Waals surface area contributed by atoms with Crippen LogP contribution in [0.3, 0.4) is 0 Å². The normalized spacial score (nSPS) is 37.8. The highest BCUT2D eigenvalue weighted by molar-refractivity contribution is 9.10. The first-order valence-electron chi connectivity index (χ1n) is 10.5. The molecule has 0 aromatic rings. The summed E-state index contributed by atoms with van der Waals surface area (Å²) in [6, 6.07) is -0.924. The zero-order valence-corrected chi connectivity index (χ0v) is 18.6. The summed E-state index contributed by atoms with van der Waals surface area (Å²) in [5, 5.41) is 5.24. The molecule has 4 bridgehead atoms. The van der Waals surface area contributed by atoms with E-state index >= 15 is 0 Å². The summed E-state index contributed by atoms with van der Waals surface area (Å²) in [4.78, 5) is 36.9. The first-order valence-corrected chi connectivity index (χ1v) is 11.3. The van der Waals surface area contributed by atoms with E-state index in [4.69, 9.17) is 9.47 Å². The number of hydrogen-bond acceptors (Lipinski definition) is 5. The fraction of sp³-hybridized carbons (Fsp3) is 0.762.